The SMILES string of the molecule is CC(=O)CC(=O)Nc1ccc(C(=O)c2ccc(C)cc2)cc1. The zero-order valence-electron chi connectivity index (χ0n) is 12.6. The Balaban J connectivity index is 2.08. The molecule has 0 saturated heterocycles. The van der Waals surface area contributed by atoms with Gasteiger partial charge < -0.3 is 5.32 Å². The van der Waals surface area contributed by atoms with Crippen LogP contribution in [0.1, 0.15) is 34.8 Å². The van der Waals surface area contributed by atoms with E-state index >= 15 is 0 Å². The molecule has 2 aromatic rings. The van der Waals surface area contributed by atoms with Gasteiger partial charge in [0.15, 0.2) is 5.78 Å². The summed E-state index contributed by atoms with van der Waals surface area (Å²) >= 11 is 0. The second-order valence-corrected chi connectivity index (χ2v) is 5.20. The van der Waals surface area contributed by atoms with Crippen LogP contribution in [0, 0.1) is 6.92 Å². The minimum atomic E-state index is -0.356. The van der Waals surface area contributed by atoms with Crippen molar-refractivity contribution in [3.63, 3.8) is 0 Å². The predicted octanol–water partition coefficient (Wildman–Crippen LogP) is 3.14. The van der Waals surface area contributed by atoms with Gasteiger partial charge in [-0.3, -0.25) is 14.4 Å². The fourth-order valence-electron chi connectivity index (χ4n) is 2.01. The summed E-state index contributed by atoms with van der Waals surface area (Å²) in [6.45, 7) is 3.33. The van der Waals surface area contributed by atoms with Crippen LogP contribution in [0.2, 0.25) is 0 Å². The van der Waals surface area contributed by atoms with Crippen molar-refractivity contribution < 1.29 is 14.4 Å². The van der Waals surface area contributed by atoms with Gasteiger partial charge in [0.25, 0.3) is 0 Å². The van der Waals surface area contributed by atoms with E-state index in [0.717, 1.165) is 5.56 Å². The molecule has 4 heteroatoms. The lowest BCUT2D eigenvalue weighted by atomic mass is 10.0. The van der Waals surface area contributed by atoms with Crippen LogP contribution in [0.25, 0.3) is 0 Å². The van der Waals surface area contributed by atoms with Gasteiger partial charge in [0.1, 0.15) is 5.78 Å². The first-order chi connectivity index (χ1) is 10.5. The number of carbonyl (C=O) groups excluding carboxylic acids is 3. The summed E-state index contributed by atoms with van der Waals surface area (Å²) in [5.41, 5.74) is 2.83. The Kier molecular flexibility index (Phi) is 4.84. The van der Waals surface area contributed by atoms with E-state index in [1.165, 1.54) is 6.92 Å². The number of amides is 1. The van der Waals surface area contributed by atoms with Gasteiger partial charge in [-0.2, -0.15) is 0 Å². The smallest absolute Gasteiger partial charge is 0.231 e. The third-order valence-electron chi connectivity index (χ3n) is 3.15. The Morgan fingerprint density at radius 2 is 1.36 bits per heavy atom. The maximum Gasteiger partial charge on any atom is 0.231 e. The zero-order valence-corrected chi connectivity index (χ0v) is 12.6. The predicted molar refractivity (Wildman–Crippen MR) is 85.0 cm³/mol. The molecular formula is C18H17NO3. The van der Waals surface area contributed by atoms with Gasteiger partial charge in [-0.1, -0.05) is 29.8 Å². The van der Waals surface area contributed by atoms with Crippen molar-refractivity contribution in [3.8, 4) is 0 Å². The average molecular weight is 295 g/mol. The number of ketones is 2. The van der Waals surface area contributed by atoms with Crippen LogP contribution in [0.3, 0.4) is 0 Å². The molecule has 0 aliphatic carbocycles. The number of rotatable bonds is 5. The Morgan fingerprint density at radius 1 is 0.864 bits per heavy atom. The van der Waals surface area contributed by atoms with Crippen molar-refractivity contribution in [2.45, 2.75) is 20.3 Å². The van der Waals surface area contributed by atoms with Crippen molar-refractivity contribution in [1.29, 1.82) is 0 Å². The van der Waals surface area contributed by atoms with Gasteiger partial charge in [0.2, 0.25) is 5.91 Å². The van der Waals surface area contributed by atoms with Crippen LogP contribution in [0.15, 0.2) is 48.5 Å². The monoisotopic (exact) mass is 295 g/mol. The number of nitrogens with one attached hydrogen (secondary N) is 1. The molecule has 4 nitrogen and oxygen atoms in total. The zero-order chi connectivity index (χ0) is 16.1. The lowest BCUT2D eigenvalue weighted by molar-refractivity contribution is -0.124. The number of aryl methyl sites for hydroxylation is 1. The minimum Gasteiger partial charge on any atom is -0.326 e. The maximum atomic E-state index is 12.3. The molecule has 22 heavy (non-hydrogen) atoms. The fourth-order valence-corrected chi connectivity index (χ4v) is 2.01. The molecule has 0 unspecified atom stereocenters. The average Bonchev–Trinajstić information content (AvgIpc) is 2.47. The van der Waals surface area contributed by atoms with Crippen molar-refractivity contribution in [2.24, 2.45) is 0 Å². The third kappa shape index (κ3) is 4.12. The highest BCUT2D eigenvalue weighted by Crippen LogP contribution is 2.14. The fraction of sp³-hybridized carbons (Fsp3) is 0.167. The van der Waals surface area contributed by atoms with Crippen LogP contribution in [-0.2, 0) is 9.59 Å². The van der Waals surface area contributed by atoms with Gasteiger partial charge in [0, 0.05) is 16.8 Å². The second-order valence-electron chi connectivity index (χ2n) is 5.20. The van der Waals surface area contributed by atoms with Crippen LogP contribution >= 0.6 is 0 Å². The Hall–Kier alpha value is -2.75. The first-order valence-electron chi connectivity index (χ1n) is 6.96. The van der Waals surface area contributed by atoms with Crippen molar-refractivity contribution in [2.75, 3.05) is 5.32 Å². The number of anilines is 1. The number of hydrogen-bond donors (Lipinski definition) is 1. The van der Waals surface area contributed by atoms with E-state index in [4.69, 9.17) is 0 Å². The van der Waals surface area contributed by atoms with Crippen LogP contribution in [0.4, 0.5) is 5.69 Å². The van der Waals surface area contributed by atoms with E-state index < -0.39 is 0 Å². The lowest BCUT2D eigenvalue weighted by Crippen LogP contribution is -2.14. The van der Waals surface area contributed by atoms with E-state index in [0.29, 0.717) is 16.8 Å². The molecule has 112 valence electrons. The Bertz CT molecular complexity index is 700. The number of hydrogen-bond acceptors (Lipinski definition) is 3. The van der Waals surface area contributed by atoms with E-state index in [-0.39, 0.29) is 23.9 Å². The largest absolute Gasteiger partial charge is 0.326 e. The topological polar surface area (TPSA) is 63.2 Å². The van der Waals surface area contributed by atoms with Crippen molar-refractivity contribution >= 4 is 23.2 Å². The quantitative estimate of drug-likeness (QED) is 0.681. The lowest BCUT2D eigenvalue weighted by Gasteiger charge is -2.06. The minimum absolute atomic E-state index is 0.0680. The molecule has 2 aromatic carbocycles. The Labute approximate surface area is 129 Å². The molecule has 0 spiro atoms. The number of Topliss-reactive ketones (excluding diaryl/α,β-unsaturated/α-hetero) is 1. The van der Waals surface area contributed by atoms with Gasteiger partial charge in [-0.05, 0) is 38.1 Å². The summed E-state index contributed by atoms with van der Waals surface area (Å²) in [6, 6.07) is 14.0. The van der Waals surface area contributed by atoms with Gasteiger partial charge in [-0.25, -0.2) is 0 Å². The van der Waals surface area contributed by atoms with E-state index in [1.807, 2.05) is 19.1 Å². The molecule has 0 aromatic heterocycles. The van der Waals surface area contributed by atoms with E-state index in [9.17, 15) is 14.4 Å². The third-order valence-corrected chi connectivity index (χ3v) is 3.15. The maximum absolute atomic E-state index is 12.3. The molecule has 0 saturated carbocycles. The normalized spacial score (nSPS) is 10.1. The van der Waals surface area contributed by atoms with Crippen LogP contribution in [0.5, 0.6) is 0 Å². The number of benzene rings is 2. The summed E-state index contributed by atoms with van der Waals surface area (Å²) in [6.07, 6.45) is -0.149. The molecule has 1 amide bonds. The molecule has 0 aliphatic rings. The number of carbonyl (C=O) groups is 3. The summed E-state index contributed by atoms with van der Waals surface area (Å²) in [7, 11) is 0. The highest BCUT2D eigenvalue weighted by atomic mass is 16.2. The molecule has 0 radical (unpaired) electrons. The van der Waals surface area contributed by atoms with Crippen LogP contribution in [-0.4, -0.2) is 17.5 Å². The molecule has 1 N–H and O–H groups in total. The van der Waals surface area contributed by atoms with E-state index in [1.54, 1.807) is 36.4 Å². The highest BCUT2D eigenvalue weighted by Gasteiger charge is 2.10. The molecule has 0 atom stereocenters. The second kappa shape index (κ2) is 6.80. The van der Waals surface area contributed by atoms with Crippen molar-refractivity contribution in [1.82, 2.24) is 0 Å². The summed E-state index contributed by atoms with van der Waals surface area (Å²) < 4.78 is 0. The van der Waals surface area contributed by atoms with Crippen LogP contribution < -0.4 is 5.32 Å². The molecule has 0 bridgehead atoms. The highest BCUT2D eigenvalue weighted by molar-refractivity contribution is 6.09. The summed E-state index contributed by atoms with van der Waals surface area (Å²) in [5, 5.41) is 2.62. The van der Waals surface area contributed by atoms with Gasteiger partial charge in [0.05, 0.1) is 6.42 Å². The van der Waals surface area contributed by atoms with Gasteiger partial charge >= 0.3 is 0 Å². The molecule has 0 aliphatic heterocycles. The summed E-state index contributed by atoms with van der Waals surface area (Å²) in [4.78, 5) is 34.7. The van der Waals surface area contributed by atoms with Gasteiger partial charge in [-0.15, -0.1) is 0 Å². The Morgan fingerprint density at radius 3 is 1.86 bits per heavy atom. The molecular weight excluding hydrogens is 278 g/mol. The standard InChI is InChI=1S/C18H17NO3/c1-12-3-5-14(6-4-12)18(22)15-7-9-16(10-8-15)19-17(21)11-13(2)20/h3-10H,11H2,1-2H3,(H,19,21). The first kappa shape index (κ1) is 15.6. The molecule has 0 heterocycles. The first-order valence-corrected chi connectivity index (χ1v) is 6.96. The molecule has 0 fully saturated rings. The van der Waals surface area contributed by atoms with Crippen molar-refractivity contribution in [3.05, 3.63) is 65.2 Å². The molecule has 2 rings (SSSR count). The van der Waals surface area contributed by atoms with E-state index in [2.05, 4.69) is 5.32 Å². The summed E-state index contributed by atoms with van der Waals surface area (Å²) in [5.74, 6) is -0.615.